The van der Waals surface area contributed by atoms with Crippen molar-refractivity contribution in [3.05, 3.63) is 53.1 Å². The van der Waals surface area contributed by atoms with Gasteiger partial charge in [0.25, 0.3) is 0 Å². The molecule has 45 heavy (non-hydrogen) atoms. The number of hydrogen-bond donors (Lipinski definition) is 1. The Morgan fingerprint density at radius 2 is 1.87 bits per heavy atom. The predicted molar refractivity (Wildman–Crippen MR) is 162 cm³/mol. The molecule has 5 aliphatic rings. The van der Waals surface area contributed by atoms with Crippen LogP contribution in [0.5, 0.6) is 0 Å². The molecule has 4 fully saturated rings. The van der Waals surface area contributed by atoms with E-state index in [0.29, 0.717) is 29.5 Å². The number of Topliss-reactive ketones (excluding diaryl/α,β-unsaturated/α-hetero) is 1. The minimum absolute atomic E-state index is 0.0370. The molecule has 1 aromatic rings. The number of benzene rings is 1. The van der Waals surface area contributed by atoms with Crippen molar-refractivity contribution < 1.29 is 42.6 Å². The van der Waals surface area contributed by atoms with Gasteiger partial charge in [-0.2, -0.15) is 0 Å². The van der Waals surface area contributed by atoms with Gasteiger partial charge in [-0.15, -0.1) is 0 Å². The Kier molecular flexibility index (Phi) is 7.97. The maximum atomic E-state index is 17.7. The molecule has 1 heterocycles. The molecule has 0 amide bonds. The summed E-state index contributed by atoms with van der Waals surface area (Å²) in [7, 11) is 0. The summed E-state index contributed by atoms with van der Waals surface area (Å²) in [5.74, 6) is -2.67. The first-order valence-corrected chi connectivity index (χ1v) is 16.1. The van der Waals surface area contributed by atoms with Crippen molar-refractivity contribution in [3.8, 4) is 0 Å². The smallest absolute Gasteiger partial charge is 0.434 e. The third kappa shape index (κ3) is 4.68. The number of carbonyl (C=O) groups is 3. The van der Waals surface area contributed by atoms with E-state index in [2.05, 4.69) is 0 Å². The predicted octanol–water partition coefficient (Wildman–Crippen LogP) is 6.14. The molecule has 0 bridgehead atoms. The zero-order chi connectivity index (χ0) is 32.5. The summed E-state index contributed by atoms with van der Waals surface area (Å²) in [6.45, 7) is 7.08. The Hall–Kier alpha value is -2.82. The molecule has 3 saturated carbocycles. The van der Waals surface area contributed by atoms with E-state index >= 15 is 8.78 Å². The molecule has 0 spiro atoms. The lowest BCUT2D eigenvalue weighted by molar-refractivity contribution is -0.228. The standard InChI is InChI=1S/C34H40ClF2NO7/c1-19(2)10-12-43-30(42)44-18-29(41)34-20(17-38(45-34)22-7-5-21(35)6-8-22)13-24-25-15-27(36)26-14-23(39)9-11-31(26,3)33(25,37)28(40)16-32(24,34)4/h5-9,11,14,19-20,24-25,27-28,40H,10,12-13,15-18H2,1-4H3/t20-,24-,25-,27-,28-,31-,32-,33-,34-/m0/s1. The van der Waals surface area contributed by atoms with Gasteiger partial charge in [-0.1, -0.05) is 38.4 Å². The summed E-state index contributed by atoms with van der Waals surface area (Å²) in [6, 6.07) is 6.91. The van der Waals surface area contributed by atoms with Gasteiger partial charge in [0.1, 0.15) is 6.17 Å². The number of rotatable bonds is 7. The maximum Gasteiger partial charge on any atom is 0.508 e. The minimum atomic E-state index is -2.29. The second-order valence-corrected chi connectivity index (χ2v) is 14.6. The van der Waals surface area contributed by atoms with E-state index in [0.717, 1.165) is 6.08 Å². The average molecular weight is 648 g/mol. The number of nitrogens with zero attached hydrogens (tertiary/aromatic N) is 1. The first kappa shape index (κ1) is 32.1. The van der Waals surface area contributed by atoms with E-state index in [1.165, 1.54) is 12.2 Å². The van der Waals surface area contributed by atoms with Crippen LogP contribution in [0.15, 0.2) is 48.1 Å². The number of halogens is 3. The molecule has 6 rings (SSSR count). The van der Waals surface area contributed by atoms with Gasteiger partial charge < -0.3 is 14.6 Å². The van der Waals surface area contributed by atoms with Crippen molar-refractivity contribution in [1.82, 2.24) is 0 Å². The van der Waals surface area contributed by atoms with Crippen molar-refractivity contribution in [1.29, 1.82) is 0 Å². The van der Waals surface area contributed by atoms with E-state index in [-0.39, 0.29) is 31.6 Å². The molecule has 11 heteroatoms. The summed E-state index contributed by atoms with van der Waals surface area (Å²) in [5, 5.41) is 13.9. The summed E-state index contributed by atoms with van der Waals surface area (Å²) in [5.41, 5.74) is -5.93. The van der Waals surface area contributed by atoms with Crippen LogP contribution in [0.2, 0.25) is 5.02 Å². The highest BCUT2D eigenvalue weighted by Crippen LogP contribution is 2.72. The highest BCUT2D eigenvalue weighted by molar-refractivity contribution is 6.30. The Labute approximate surface area is 266 Å². The van der Waals surface area contributed by atoms with Crippen LogP contribution in [-0.2, 0) is 23.9 Å². The summed E-state index contributed by atoms with van der Waals surface area (Å²) >= 11 is 6.11. The van der Waals surface area contributed by atoms with Crippen LogP contribution < -0.4 is 5.06 Å². The Morgan fingerprint density at radius 3 is 2.56 bits per heavy atom. The highest BCUT2D eigenvalue weighted by atomic mass is 35.5. The van der Waals surface area contributed by atoms with E-state index in [4.69, 9.17) is 25.9 Å². The lowest BCUT2D eigenvalue weighted by atomic mass is 9.44. The monoisotopic (exact) mass is 647 g/mol. The quantitative estimate of drug-likeness (QED) is 0.352. The molecule has 1 aromatic carbocycles. The third-order valence-electron chi connectivity index (χ3n) is 11.4. The minimum Gasteiger partial charge on any atom is -0.434 e. The van der Waals surface area contributed by atoms with Crippen LogP contribution in [0, 0.1) is 34.5 Å². The number of fused-ring (bicyclic) bond motifs is 7. The summed E-state index contributed by atoms with van der Waals surface area (Å²) in [6.07, 6.45) is 0.135. The average Bonchev–Trinajstić information content (AvgIpc) is 3.48. The number of carbonyl (C=O) groups excluding carboxylic acids is 3. The summed E-state index contributed by atoms with van der Waals surface area (Å²) in [4.78, 5) is 45.5. The molecule has 0 aromatic heterocycles. The number of allylic oxidation sites excluding steroid dienone is 4. The molecule has 4 aliphatic carbocycles. The lowest BCUT2D eigenvalue weighted by Crippen LogP contribution is -2.70. The van der Waals surface area contributed by atoms with Gasteiger partial charge in [-0.25, -0.2) is 13.6 Å². The first-order chi connectivity index (χ1) is 21.2. The Morgan fingerprint density at radius 1 is 1.16 bits per heavy atom. The van der Waals surface area contributed by atoms with Gasteiger partial charge in [-0.05, 0) is 86.4 Å². The number of hydrogen-bond acceptors (Lipinski definition) is 8. The highest BCUT2D eigenvalue weighted by Gasteiger charge is 2.79. The number of alkyl halides is 2. The number of ketones is 2. The Balaban J connectivity index is 1.36. The van der Waals surface area contributed by atoms with Crippen LogP contribution >= 0.6 is 11.6 Å². The van der Waals surface area contributed by atoms with Crippen LogP contribution in [0.1, 0.15) is 53.4 Å². The van der Waals surface area contributed by atoms with Crippen molar-refractivity contribution >= 4 is 35.0 Å². The molecule has 8 nitrogen and oxygen atoms in total. The number of aliphatic hydroxyl groups is 1. The van der Waals surface area contributed by atoms with Crippen LogP contribution in [0.4, 0.5) is 19.3 Å². The van der Waals surface area contributed by atoms with Crippen molar-refractivity contribution in [2.24, 2.45) is 34.5 Å². The van der Waals surface area contributed by atoms with Gasteiger partial charge in [-0.3, -0.25) is 19.5 Å². The second-order valence-electron chi connectivity index (χ2n) is 14.1. The Bertz CT molecular complexity index is 1450. The van der Waals surface area contributed by atoms with Crippen molar-refractivity contribution in [3.63, 3.8) is 0 Å². The fourth-order valence-corrected chi connectivity index (χ4v) is 9.29. The molecule has 0 unspecified atom stereocenters. The maximum absolute atomic E-state index is 17.7. The van der Waals surface area contributed by atoms with Gasteiger partial charge >= 0.3 is 6.16 Å². The van der Waals surface area contributed by atoms with E-state index in [1.807, 2.05) is 13.8 Å². The fourth-order valence-electron chi connectivity index (χ4n) is 9.16. The van der Waals surface area contributed by atoms with Crippen molar-refractivity contribution in [2.75, 3.05) is 24.8 Å². The fraction of sp³-hybridized carbons (Fsp3) is 0.618. The number of hydroxylamine groups is 1. The zero-order valence-corrected chi connectivity index (χ0v) is 26.7. The molecule has 9 atom stereocenters. The van der Waals surface area contributed by atoms with E-state index in [9.17, 15) is 19.5 Å². The second kappa shape index (κ2) is 11.2. The lowest BCUT2D eigenvalue weighted by Gasteiger charge is -2.63. The van der Waals surface area contributed by atoms with Gasteiger partial charge in [0.15, 0.2) is 23.7 Å². The van der Waals surface area contributed by atoms with Gasteiger partial charge in [0, 0.05) is 27.7 Å². The van der Waals surface area contributed by atoms with E-state index < -0.39 is 76.5 Å². The van der Waals surface area contributed by atoms with E-state index in [1.54, 1.807) is 43.2 Å². The van der Waals surface area contributed by atoms with Crippen LogP contribution in [-0.4, -0.2) is 66.1 Å². The molecule has 1 N–H and O–H groups in total. The zero-order valence-electron chi connectivity index (χ0n) is 25.9. The molecular weight excluding hydrogens is 608 g/mol. The normalized spacial score (nSPS) is 39.9. The van der Waals surface area contributed by atoms with Gasteiger partial charge in [0.05, 0.1) is 24.9 Å². The van der Waals surface area contributed by atoms with Crippen LogP contribution in [0.3, 0.4) is 0 Å². The first-order valence-electron chi connectivity index (χ1n) is 15.7. The number of ether oxygens (including phenoxy) is 2. The number of anilines is 1. The summed E-state index contributed by atoms with van der Waals surface area (Å²) < 4.78 is 44.0. The topological polar surface area (TPSA) is 102 Å². The molecule has 1 saturated heterocycles. The third-order valence-corrected chi connectivity index (χ3v) is 11.6. The number of aliphatic hydroxyl groups excluding tert-OH is 1. The van der Waals surface area contributed by atoms with Gasteiger partial charge in [0.2, 0.25) is 5.78 Å². The SMILES string of the molecule is CC(C)CCOC(=O)OCC(=O)[C@@]12ON(c3ccc(Cl)cc3)C[C@@H]1C[C@H]1[C@@H]3C[C@H](F)C4=CC(=O)C=C[C@]4(C)[C@@]3(F)[C@@H](O)C[C@@]12C. The molecule has 244 valence electrons. The van der Waals surface area contributed by atoms with Crippen molar-refractivity contribution in [2.45, 2.75) is 76.9 Å². The molecule has 1 aliphatic heterocycles. The largest absolute Gasteiger partial charge is 0.508 e. The molecule has 0 radical (unpaired) electrons. The molecular formula is C34H40ClF2NO7. The van der Waals surface area contributed by atoms with Crippen LogP contribution in [0.25, 0.3) is 0 Å².